The Morgan fingerprint density at radius 2 is 1.52 bits per heavy atom. The van der Waals surface area contributed by atoms with E-state index in [1.807, 2.05) is 13.0 Å². The van der Waals surface area contributed by atoms with E-state index in [-0.39, 0.29) is 11.8 Å². The minimum atomic E-state index is -0.176. The highest BCUT2D eigenvalue weighted by atomic mass is 32.1. The molecule has 0 amide bonds. The Hall–Kier alpha value is -2.41. The third kappa shape index (κ3) is 4.61. The Kier molecular flexibility index (Phi) is 6.90. The summed E-state index contributed by atoms with van der Waals surface area (Å²) in [6.45, 7) is 3.77. The maximum absolute atomic E-state index is 13.2. The van der Waals surface area contributed by atoms with Crippen LogP contribution < -0.4 is 9.47 Å². The van der Waals surface area contributed by atoms with Crippen LogP contribution in [-0.4, -0.2) is 44.0 Å². The summed E-state index contributed by atoms with van der Waals surface area (Å²) in [6, 6.07) is 9.63. The first-order chi connectivity index (χ1) is 15.1. The third-order valence-electron chi connectivity index (χ3n) is 5.97. The smallest absolute Gasteiger partial charge is 0.179 e. The second-order valence-corrected chi connectivity index (χ2v) is 9.21. The second kappa shape index (κ2) is 9.81. The van der Waals surface area contributed by atoms with Crippen molar-refractivity contribution in [1.82, 2.24) is 4.90 Å². The average molecular weight is 454 g/mol. The fourth-order valence-electron chi connectivity index (χ4n) is 4.22. The van der Waals surface area contributed by atoms with Crippen LogP contribution in [0.3, 0.4) is 0 Å². The highest BCUT2D eigenvalue weighted by Crippen LogP contribution is 2.35. The summed E-state index contributed by atoms with van der Waals surface area (Å²) in [5.41, 5.74) is 6.13. The number of benzene rings is 1. The minimum absolute atomic E-state index is 0.115. The second-order valence-electron chi connectivity index (χ2n) is 7.65. The lowest BCUT2D eigenvalue weighted by Gasteiger charge is -2.33. The Labute approximate surface area is 191 Å². The molecule has 0 aliphatic carbocycles. The highest BCUT2D eigenvalue weighted by molar-refractivity contribution is 7.08. The summed E-state index contributed by atoms with van der Waals surface area (Å²) >= 11 is 3.47. The van der Waals surface area contributed by atoms with Crippen LogP contribution in [-0.2, 0) is 0 Å². The monoisotopic (exact) mass is 453 g/mol. The molecule has 162 valence electrons. The van der Waals surface area contributed by atoms with E-state index < -0.39 is 0 Å². The van der Waals surface area contributed by atoms with E-state index in [1.54, 1.807) is 49.0 Å². The molecule has 1 unspecified atom stereocenters. The van der Waals surface area contributed by atoms with Crippen molar-refractivity contribution in [2.24, 2.45) is 0 Å². The van der Waals surface area contributed by atoms with Crippen LogP contribution in [0.1, 0.15) is 41.3 Å². The summed E-state index contributed by atoms with van der Waals surface area (Å²) in [4.78, 5) is 15.4. The Morgan fingerprint density at radius 3 is 2.03 bits per heavy atom. The molecule has 1 aliphatic heterocycles. The molecule has 1 aliphatic rings. The number of nitrogens with zero attached hydrogens (tertiary/aromatic N) is 1. The summed E-state index contributed by atoms with van der Waals surface area (Å²) in [7, 11) is 3.19. The summed E-state index contributed by atoms with van der Waals surface area (Å²) in [6.07, 6.45) is 1.95. The number of rotatable bonds is 7. The first-order valence-corrected chi connectivity index (χ1v) is 12.3. The van der Waals surface area contributed by atoms with Gasteiger partial charge in [-0.3, -0.25) is 9.69 Å². The number of hydrogen-bond donors (Lipinski definition) is 0. The Bertz CT molecular complexity index is 1010. The van der Waals surface area contributed by atoms with E-state index in [0.717, 1.165) is 25.9 Å². The number of likely N-dealkylation sites (tertiary alicyclic amines) is 1. The SMILES string of the molecule is COc1ccc(C(=O)C(C)N2CCC(=C(c3ccsc3)c3ccsc3)CC2)cc1OC. The molecule has 31 heavy (non-hydrogen) atoms. The van der Waals surface area contributed by atoms with Gasteiger partial charge in [-0.1, -0.05) is 5.57 Å². The largest absolute Gasteiger partial charge is 0.493 e. The van der Waals surface area contributed by atoms with Gasteiger partial charge in [-0.05, 0) is 88.3 Å². The van der Waals surface area contributed by atoms with E-state index in [1.165, 1.54) is 22.3 Å². The zero-order valence-corrected chi connectivity index (χ0v) is 19.7. The fraction of sp³-hybridized carbons (Fsp3) is 0.320. The van der Waals surface area contributed by atoms with Gasteiger partial charge in [0.05, 0.1) is 20.3 Å². The number of ether oxygens (including phenoxy) is 2. The van der Waals surface area contributed by atoms with Crippen LogP contribution in [0.5, 0.6) is 11.5 Å². The molecule has 3 heterocycles. The van der Waals surface area contributed by atoms with Gasteiger partial charge in [-0.15, -0.1) is 0 Å². The van der Waals surface area contributed by atoms with Crippen molar-refractivity contribution < 1.29 is 14.3 Å². The molecule has 3 aromatic rings. The normalized spacial score (nSPS) is 15.5. The molecule has 4 nitrogen and oxygen atoms in total. The molecule has 1 aromatic carbocycles. The maximum atomic E-state index is 13.2. The number of methoxy groups -OCH3 is 2. The van der Waals surface area contributed by atoms with E-state index in [4.69, 9.17) is 9.47 Å². The van der Waals surface area contributed by atoms with Crippen molar-refractivity contribution in [1.29, 1.82) is 0 Å². The predicted molar refractivity (Wildman–Crippen MR) is 129 cm³/mol. The van der Waals surface area contributed by atoms with Gasteiger partial charge in [0.2, 0.25) is 0 Å². The third-order valence-corrected chi connectivity index (χ3v) is 7.34. The number of thiophene rings is 2. The van der Waals surface area contributed by atoms with Gasteiger partial charge >= 0.3 is 0 Å². The van der Waals surface area contributed by atoms with Gasteiger partial charge in [0.25, 0.3) is 0 Å². The molecular weight excluding hydrogens is 426 g/mol. The van der Waals surface area contributed by atoms with E-state index >= 15 is 0 Å². The Morgan fingerprint density at radius 1 is 0.903 bits per heavy atom. The average Bonchev–Trinajstić information content (AvgIpc) is 3.53. The van der Waals surface area contributed by atoms with Gasteiger partial charge in [0.15, 0.2) is 17.3 Å². The van der Waals surface area contributed by atoms with Crippen LogP contribution in [0, 0.1) is 0 Å². The van der Waals surface area contributed by atoms with Gasteiger partial charge < -0.3 is 9.47 Å². The van der Waals surface area contributed by atoms with Crippen LogP contribution in [0.25, 0.3) is 5.57 Å². The van der Waals surface area contributed by atoms with Crippen LogP contribution in [0.2, 0.25) is 0 Å². The first-order valence-electron chi connectivity index (χ1n) is 10.4. The molecule has 6 heteroatoms. The standard InChI is InChI=1S/C25H27NO3S2/c1-17(25(27)19-4-5-22(28-2)23(14-19)29-3)26-10-6-18(7-11-26)24(20-8-12-30-15-20)21-9-13-31-16-21/h4-5,8-9,12-17H,6-7,10-11H2,1-3H3. The van der Waals surface area contributed by atoms with Crippen LogP contribution in [0.4, 0.5) is 0 Å². The number of carbonyl (C=O) groups is 1. The molecule has 0 spiro atoms. The topological polar surface area (TPSA) is 38.8 Å². The number of ketones is 1. The molecule has 4 rings (SSSR count). The molecule has 1 atom stereocenters. The summed E-state index contributed by atoms with van der Waals surface area (Å²) in [5.74, 6) is 1.33. The summed E-state index contributed by atoms with van der Waals surface area (Å²) in [5, 5.41) is 8.74. The lowest BCUT2D eigenvalue weighted by atomic mass is 9.90. The van der Waals surface area contributed by atoms with E-state index in [2.05, 4.69) is 38.6 Å². The lowest BCUT2D eigenvalue weighted by molar-refractivity contribution is 0.0826. The van der Waals surface area contributed by atoms with Gasteiger partial charge in [-0.25, -0.2) is 0 Å². The van der Waals surface area contributed by atoms with Crippen LogP contribution >= 0.6 is 22.7 Å². The zero-order valence-electron chi connectivity index (χ0n) is 18.1. The molecule has 1 saturated heterocycles. The maximum Gasteiger partial charge on any atom is 0.179 e. The van der Waals surface area contributed by atoms with Gasteiger partial charge in [0.1, 0.15) is 0 Å². The molecule has 0 bridgehead atoms. The molecule has 2 aromatic heterocycles. The van der Waals surface area contributed by atoms with Crippen LogP contribution in [0.15, 0.2) is 57.4 Å². The molecule has 0 N–H and O–H groups in total. The number of carbonyl (C=O) groups excluding carboxylic acids is 1. The van der Waals surface area contributed by atoms with Gasteiger partial charge in [-0.2, -0.15) is 22.7 Å². The van der Waals surface area contributed by atoms with Gasteiger partial charge in [0, 0.05) is 18.7 Å². The zero-order chi connectivity index (χ0) is 21.8. The highest BCUT2D eigenvalue weighted by Gasteiger charge is 2.27. The van der Waals surface area contributed by atoms with E-state index in [9.17, 15) is 4.79 Å². The van der Waals surface area contributed by atoms with Crippen molar-refractivity contribution in [2.75, 3.05) is 27.3 Å². The fourth-order valence-corrected chi connectivity index (χ4v) is 5.51. The molecule has 0 saturated carbocycles. The minimum Gasteiger partial charge on any atom is -0.493 e. The Balaban J connectivity index is 1.50. The lowest BCUT2D eigenvalue weighted by Crippen LogP contribution is -2.42. The number of hydrogen-bond acceptors (Lipinski definition) is 6. The van der Waals surface area contributed by atoms with Crippen molar-refractivity contribution >= 4 is 34.0 Å². The molecule has 1 fully saturated rings. The summed E-state index contributed by atoms with van der Waals surface area (Å²) < 4.78 is 10.7. The first kappa shape index (κ1) is 21.8. The quantitative estimate of drug-likeness (QED) is 0.412. The van der Waals surface area contributed by atoms with Crippen molar-refractivity contribution in [3.8, 4) is 11.5 Å². The predicted octanol–water partition coefficient (Wildman–Crippen LogP) is 6.00. The van der Waals surface area contributed by atoms with Crippen molar-refractivity contribution in [3.05, 3.63) is 74.1 Å². The van der Waals surface area contributed by atoms with Crippen molar-refractivity contribution in [3.63, 3.8) is 0 Å². The van der Waals surface area contributed by atoms with Crippen molar-refractivity contribution in [2.45, 2.75) is 25.8 Å². The number of Topliss-reactive ketones (excluding diaryl/α,β-unsaturated/α-hetero) is 1. The number of piperidine rings is 1. The molecular formula is C25H27NO3S2. The van der Waals surface area contributed by atoms with E-state index in [0.29, 0.717) is 17.1 Å². The molecule has 0 radical (unpaired) electrons.